The maximum Gasteiger partial charge on any atom is 0.241 e. The Balaban J connectivity index is 2.47. The fourth-order valence-corrected chi connectivity index (χ4v) is 2.63. The van der Waals surface area contributed by atoms with E-state index in [9.17, 15) is 4.79 Å². The largest absolute Gasteiger partial charge is 0.327 e. The van der Waals surface area contributed by atoms with Gasteiger partial charge in [-0.3, -0.25) is 15.0 Å². The summed E-state index contributed by atoms with van der Waals surface area (Å²) in [6, 6.07) is 1.06. The summed E-state index contributed by atoms with van der Waals surface area (Å²) in [6.07, 6.45) is 0. The highest BCUT2D eigenvalue weighted by Gasteiger charge is 2.33. The van der Waals surface area contributed by atoms with Crippen LogP contribution in [0.5, 0.6) is 0 Å². The van der Waals surface area contributed by atoms with Gasteiger partial charge in [-0.05, 0) is 33.6 Å². The molecule has 1 amide bonds. The van der Waals surface area contributed by atoms with Crippen LogP contribution in [0.2, 0.25) is 0 Å². The maximum atomic E-state index is 12.1. The van der Waals surface area contributed by atoms with E-state index in [2.05, 4.69) is 51.8 Å². The van der Waals surface area contributed by atoms with Crippen molar-refractivity contribution >= 4 is 5.91 Å². The van der Waals surface area contributed by atoms with Crippen molar-refractivity contribution in [2.45, 2.75) is 59.7 Å². The molecule has 0 aromatic heterocycles. The maximum absolute atomic E-state index is 12.1. The SMILES string of the molecule is CC(C)C1NCN(CCN(C(C)C)C(C)C)C1=O. The molecule has 0 aromatic carbocycles. The van der Waals surface area contributed by atoms with Gasteiger partial charge in [0.25, 0.3) is 0 Å². The minimum absolute atomic E-state index is 0.0107. The average molecular weight is 255 g/mol. The number of hydrogen-bond acceptors (Lipinski definition) is 3. The predicted molar refractivity (Wildman–Crippen MR) is 75.3 cm³/mol. The van der Waals surface area contributed by atoms with E-state index in [4.69, 9.17) is 0 Å². The molecule has 1 unspecified atom stereocenters. The van der Waals surface area contributed by atoms with Gasteiger partial charge in [0.1, 0.15) is 0 Å². The second kappa shape index (κ2) is 6.53. The Morgan fingerprint density at radius 2 is 1.78 bits per heavy atom. The summed E-state index contributed by atoms with van der Waals surface area (Å²) in [5.41, 5.74) is 0. The summed E-state index contributed by atoms with van der Waals surface area (Å²) in [6.45, 7) is 15.5. The molecule has 1 aliphatic rings. The Morgan fingerprint density at radius 3 is 2.17 bits per heavy atom. The highest BCUT2D eigenvalue weighted by molar-refractivity contribution is 5.84. The molecule has 0 spiro atoms. The van der Waals surface area contributed by atoms with E-state index in [-0.39, 0.29) is 11.9 Å². The molecule has 0 saturated carbocycles. The zero-order valence-electron chi connectivity index (χ0n) is 12.7. The third-order valence-electron chi connectivity index (χ3n) is 3.70. The standard InChI is InChI=1S/C14H29N3O/c1-10(2)13-14(18)16(9-15-13)7-8-17(11(3)4)12(5)6/h10-13,15H,7-9H2,1-6H3. The number of hydrogen-bond donors (Lipinski definition) is 1. The van der Waals surface area contributed by atoms with E-state index in [1.165, 1.54) is 0 Å². The summed E-state index contributed by atoms with van der Waals surface area (Å²) in [5, 5.41) is 3.30. The molecule has 0 aliphatic carbocycles. The fourth-order valence-electron chi connectivity index (χ4n) is 2.63. The van der Waals surface area contributed by atoms with Gasteiger partial charge in [-0.25, -0.2) is 0 Å². The van der Waals surface area contributed by atoms with E-state index in [0.717, 1.165) is 13.1 Å². The lowest BCUT2D eigenvalue weighted by Gasteiger charge is -2.32. The molecule has 0 bridgehead atoms. The van der Waals surface area contributed by atoms with Gasteiger partial charge in [0, 0.05) is 25.2 Å². The molecule has 0 radical (unpaired) electrons. The van der Waals surface area contributed by atoms with E-state index in [1.807, 2.05) is 4.90 Å². The van der Waals surface area contributed by atoms with Crippen LogP contribution in [0.1, 0.15) is 41.5 Å². The minimum Gasteiger partial charge on any atom is -0.327 e. The average Bonchev–Trinajstić information content (AvgIpc) is 2.59. The van der Waals surface area contributed by atoms with Gasteiger partial charge in [0.15, 0.2) is 0 Å². The van der Waals surface area contributed by atoms with Crippen molar-refractivity contribution in [3.8, 4) is 0 Å². The third kappa shape index (κ3) is 3.69. The lowest BCUT2D eigenvalue weighted by Crippen LogP contribution is -2.43. The number of nitrogens with one attached hydrogen (secondary N) is 1. The number of rotatable bonds is 6. The van der Waals surface area contributed by atoms with Crippen LogP contribution in [0.4, 0.5) is 0 Å². The van der Waals surface area contributed by atoms with Crippen LogP contribution < -0.4 is 5.32 Å². The molecule has 1 N–H and O–H groups in total. The van der Waals surface area contributed by atoms with Crippen molar-refractivity contribution in [3.63, 3.8) is 0 Å². The number of carbonyl (C=O) groups is 1. The first-order chi connectivity index (χ1) is 8.34. The Labute approximate surface area is 112 Å². The topological polar surface area (TPSA) is 35.6 Å². The summed E-state index contributed by atoms with van der Waals surface area (Å²) >= 11 is 0. The zero-order valence-corrected chi connectivity index (χ0v) is 12.7. The molecule has 0 aromatic rings. The fraction of sp³-hybridized carbons (Fsp3) is 0.929. The van der Waals surface area contributed by atoms with Crippen molar-refractivity contribution in [1.82, 2.24) is 15.1 Å². The minimum atomic E-state index is 0.0107. The summed E-state index contributed by atoms with van der Waals surface area (Å²) in [4.78, 5) is 16.5. The zero-order chi connectivity index (χ0) is 13.9. The van der Waals surface area contributed by atoms with Crippen LogP contribution >= 0.6 is 0 Å². The lowest BCUT2D eigenvalue weighted by molar-refractivity contribution is -0.129. The van der Waals surface area contributed by atoms with Gasteiger partial charge in [-0.1, -0.05) is 13.8 Å². The van der Waals surface area contributed by atoms with Crippen LogP contribution in [0.3, 0.4) is 0 Å². The van der Waals surface area contributed by atoms with E-state index < -0.39 is 0 Å². The molecular formula is C14H29N3O. The predicted octanol–water partition coefficient (Wildman–Crippen LogP) is 1.52. The third-order valence-corrected chi connectivity index (χ3v) is 3.70. The van der Waals surface area contributed by atoms with Crippen LogP contribution in [-0.2, 0) is 4.79 Å². The van der Waals surface area contributed by atoms with Gasteiger partial charge in [0.05, 0.1) is 12.7 Å². The van der Waals surface area contributed by atoms with Gasteiger partial charge in [0.2, 0.25) is 5.91 Å². The molecule has 1 rings (SSSR count). The van der Waals surface area contributed by atoms with Crippen molar-refractivity contribution in [3.05, 3.63) is 0 Å². The summed E-state index contributed by atoms with van der Waals surface area (Å²) in [7, 11) is 0. The molecular weight excluding hydrogens is 226 g/mol. The van der Waals surface area contributed by atoms with Gasteiger partial charge in [-0.15, -0.1) is 0 Å². The van der Waals surface area contributed by atoms with E-state index >= 15 is 0 Å². The van der Waals surface area contributed by atoms with Crippen LogP contribution in [-0.4, -0.2) is 53.6 Å². The van der Waals surface area contributed by atoms with Crippen molar-refractivity contribution in [2.75, 3.05) is 19.8 Å². The quantitative estimate of drug-likeness (QED) is 0.781. The van der Waals surface area contributed by atoms with Gasteiger partial charge >= 0.3 is 0 Å². The molecule has 106 valence electrons. The van der Waals surface area contributed by atoms with Crippen molar-refractivity contribution < 1.29 is 4.79 Å². The lowest BCUT2D eigenvalue weighted by atomic mass is 10.1. The molecule has 4 heteroatoms. The second-order valence-electron chi connectivity index (χ2n) is 6.11. The first kappa shape index (κ1) is 15.4. The number of amides is 1. The highest BCUT2D eigenvalue weighted by Crippen LogP contribution is 2.12. The van der Waals surface area contributed by atoms with Crippen LogP contribution in [0.25, 0.3) is 0 Å². The van der Waals surface area contributed by atoms with Gasteiger partial charge < -0.3 is 4.90 Å². The second-order valence-corrected chi connectivity index (χ2v) is 6.11. The van der Waals surface area contributed by atoms with Crippen LogP contribution in [0, 0.1) is 5.92 Å². The molecule has 1 fully saturated rings. The Hall–Kier alpha value is -0.610. The molecule has 1 aliphatic heterocycles. The molecule has 18 heavy (non-hydrogen) atoms. The van der Waals surface area contributed by atoms with Crippen LogP contribution in [0.15, 0.2) is 0 Å². The van der Waals surface area contributed by atoms with Crippen molar-refractivity contribution in [1.29, 1.82) is 0 Å². The molecule has 1 atom stereocenters. The molecule has 1 heterocycles. The smallest absolute Gasteiger partial charge is 0.241 e. The number of carbonyl (C=O) groups excluding carboxylic acids is 1. The Morgan fingerprint density at radius 1 is 1.22 bits per heavy atom. The van der Waals surface area contributed by atoms with Gasteiger partial charge in [-0.2, -0.15) is 0 Å². The van der Waals surface area contributed by atoms with E-state index in [1.54, 1.807) is 0 Å². The first-order valence-electron chi connectivity index (χ1n) is 7.12. The first-order valence-corrected chi connectivity index (χ1v) is 7.12. The molecule has 4 nitrogen and oxygen atoms in total. The highest BCUT2D eigenvalue weighted by atomic mass is 16.2. The van der Waals surface area contributed by atoms with Crippen molar-refractivity contribution in [2.24, 2.45) is 5.92 Å². The Kier molecular flexibility index (Phi) is 5.60. The normalized spacial score (nSPS) is 21.1. The summed E-state index contributed by atoms with van der Waals surface area (Å²) < 4.78 is 0. The monoisotopic (exact) mass is 255 g/mol. The van der Waals surface area contributed by atoms with E-state index in [0.29, 0.717) is 24.7 Å². The summed E-state index contributed by atoms with van der Waals surface area (Å²) in [5.74, 6) is 0.631. The molecule has 1 saturated heterocycles. The Bertz CT molecular complexity index is 268. The number of nitrogens with zero attached hydrogens (tertiary/aromatic N) is 2.